The van der Waals surface area contributed by atoms with Crippen molar-refractivity contribution in [2.24, 2.45) is 5.73 Å². The molecular weight excluding hydrogens is 328 g/mol. The van der Waals surface area contributed by atoms with Crippen LogP contribution in [-0.2, 0) is 13.1 Å². The number of carbonyl (C=O) groups excluding carboxylic acids is 1. The van der Waals surface area contributed by atoms with Gasteiger partial charge in [-0.1, -0.05) is 41.6 Å². The Morgan fingerprint density at radius 2 is 1.92 bits per heavy atom. The molecule has 0 radical (unpaired) electrons. The van der Waals surface area contributed by atoms with Crippen molar-refractivity contribution in [1.82, 2.24) is 24.9 Å². The molecule has 0 saturated heterocycles. The first kappa shape index (κ1) is 17.8. The SMILES string of the molecule is NCCCN(Cc1ccccc1)C(=O)c1cn(Cc2ccccn2)nn1. The number of hydrogen-bond acceptors (Lipinski definition) is 5. The number of hydrogen-bond donors (Lipinski definition) is 1. The van der Waals surface area contributed by atoms with Gasteiger partial charge in [0.25, 0.3) is 5.91 Å². The maximum Gasteiger partial charge on any atom is 0.276 e. The number of nitrogens with two attached hydrogens (primary N) is 1. The van der Waals surface area contributed by atoms with E-state index in [-0.39, 0.29) is 5.91 Å². The molecule has 3 rings (SSSR count). The fourth-order valence-electron chi connectivity index (χ4n) is 2.63. The highest BCUT2D eigenvalue weighted by atomic mass is 16.2. The zero-order chi connectivity index (χ0) is 18.2. The number of benzene rings is 1. The Labute approximate surface area is 152 Å². The molecule has 134 valence electrons. The van der Waals surface area contributed by atoms with Crippen LogP contribution in [0.4, 0.5) is 0 Å². The monoisotopic (exact) mass is 350 g/mol. The first-order valence-electron chi connectivity index (χ1n) is 8.59. The minimum Gasteiger partial charge on any atom is -0.333 e. The fourth-order valence-corrected chi connectivity index (χ4v) is 2.63. The van der Waals surface area contributed by atoms with E-state index in [1.54, 1.807) is 22.0 Å². The third-order valence-electron chi connectivity index (χ3n) is 3.94. The second kappa shape index (κ2) is 8.87. The minimum atomic E-state index is -0.144. The van der Waals surface area contributed by atoms with Crippen molar-refractivity contribution < 1.29 is 4.79 Å². The van der Waals surface area contributed by atoms with E-state index >= 15 is 0 Å². The van der Waals surface area contributed by atoms with Crippen molar-refractivity contribution in [3.63, 3.8) is 0 Å². The second-order valence-corrected chi connectivity index (χ2v) is 5.98. The summed E-state index contributed by atoms with van der Waals surface area (Å²) in [5.41, 5.74) is 7.88. The quantitative estimate of drug-likeness (QED) is 0.668. The molecule has 0 aliphatic rings. The second-order valence-electron chi connectivity index (χ2n) is 5.98. The van der Waals surface area contributed by atoms with E-state index in [1.807, 2.05) is 48.5 Å². The molecule has 2 aromatic heterocycles. The molecule has 0 fully saturated rings. The summed E-state index contributed by atoms with van der Waals surface area (Å²) in [7, 11) is 0. The van der Waals surface area contributed by atoms with E-state index < -0.39 is 0 Å². The van der Waals surface area contributed by atoms with Gasteiger partial charge >= 0.3 is 0 Å². The molecule has 0 spiro atoms. The number of nitrogens with zero attached hydrogens (tertiary/aromatic N) is 5. The zero-order valence-corrected chi connectivity index (χ0v) is 14.5. The number of pyridine rings is 1. The van der Waals surface area contributed by atoms with E-state index in [0.29, 0.717) is 31.9 Å². The molecule has 1 amide bonds. The van der Waals surface area contributed by atoms with E-state index in [4.69, 9.17) is 5.73 Å². The summed E-state index contributed by atoms with van der Waals surface area (Å²) in [6.45, 7) is 2.11. The van der Waals surface area contributed by atoms with Crippen LogP contribution in [0.5, 0.6) is 0 Å². The lowest BCUT2D eigenvalue weighted by atomic mass is 10.2. The molecule has 7 nitrogen and oxygen atoms in total. The van der Waals surface area contributed by atoms with Crippen molar-refractivity contribution in [2.45, 2.75) is 19.5 Å². The normalized spacial score (nSPS) is 10.7. The molecule has 1 aromatic carbocycles. The first-order valence-corrected chi connectivity index (χ1v) is 8.59. The molecule has 2 heterocycles. The maximum atomic E-state index is 12.9. The van der Waals surface area contributed by atoms with Crippen molar-refractivity contribution in [1.29, 1.82) is 0 Å². The predicted molar refractivity (Wildman–Crippen MR) is 98.2 cm³/mol. The summed E-state index contributed by atoms with van der Waals surface area (Å²) in [5, 5.41) is 8.10. The predicted octanol–water partition coefficient (Wildman–Crippen LogP) is 1.71. The third kappa shape index (κ3) is 4.73. The van der Waals surface area contributed by atoms with Gasteiger partial charge in [0.05, 0.1) is 18.4 Å². The first-order chi connectivity index (χ1) is 12.8. The molecule has 0 aliphatic heterocycles. The minimum absolute atomic E-state index is 0.144. The van der Waals surface area contributed by atoms with Crippen molar-refractivity contribution >= 4 is 5.91 Å². The van der Waals surface area contributed by atoms with Gasteiger partial charge in [0, 0.05) is 19.3 Å². The van der Waals surface area contributed by atoms with Crippen molar-refractivity contribution in [3.05, 3.63) is 77.9 Å². The van der Waals surface area contributed by atoms with Gasteiger partial charge in [-0.15, -0.1) is 5.10 Å². The molecule has 0 saturated carbocycles. The van der Waals surface area contributed by atoms with Crippen LogP contribution in [0, 0.1) is 0 Å². The zero-order valence-electron chi connectivity index (χ0n) is 14.5. The van der Waals surface area contributed by atoms with Gasteiger partial charge in [-0.3, -0.25) is 9.78 Å². The Morgan fingerprint density at radius 3 is 2.65 bits per heavy atom. The molecule has 3 aromatic rings. The van der Waals surface area contributed by atoms with Crippen LogP contribution < -0.4 is 5.73 Å². The molecule has 0 atom stereocenters. The lowest BCUT2D eigenvalue weighted by molar-refractivity contribution is 0.0736. The van der Waals surface area contributed by atoms with Gasteiger partial charge in [-0.25, -0.2) is 4.68 Å². The van der Waals surface area contributed by atoms with Gasteiger partial charge in [0.1, 0.15) is 0 Å². The number of amides is 1. The van der Waals surface area contributed by atoms with E-state index in [1.165, 1.54) is 0 Å². The molecule has 0 bridgehead atoms. The van der Waals surface area contributed by atoms with E-state index in [9.17, 15) is 4.79 Å². The lowest BCUT2D eigenvalue weighted by Crippen LogP contribution is -2.32. The summed E-state index contributed by atoms with van der Waals surface area (Å²) in [5.74, 6) is -0.144. The van der Waals surface area contributed by atoms with Gasteiger partial charge < -0.3 is 10.6 Å². The molecule has 2 N–H and O–H groups in total. The third-order valence-corrected chi connectivity index (χ3v) is 3.94. The van der Waals surface area contributed by atoms with Crippen molar-refractivity contribution in [2.75, 3.05) is 13.1 Å². The van der Waals surface area contributed by atoms with Gasteiger partial charge in [0.15, 0.2) is 5.69 Å². The number of aromatic nitrogens is 4. The van der Waals surface area contributed by atoms with Crippen LogP contribution in [0.15, 0.2) is 60.9 Å². The maximum absolute atomic E-state index is 12.9. The van der Waals surface area contributed by atoms with Crippen LogP contribution in [0.1, 0.15) is 28.2 Å². The van der Waals surface area contributed by atoms with E-state index in [0.717, 1.165) is 17.7 Å². The summed E-state index contributed by atoms with van der Waals surface area (Å²) in [4.78, 5) is 18.9. The van der Waals surface area contributed by atoms with Gasteiger partial charge in [0.2, 0.25) is 0 Å². The van der Waals surface area contributed by atoms with Crippen LogP contribution in [0.3, 0.4) is 0 Å². The lowest BCUT2D eigenvalue weighted by Gasteiger charge is -2.21. The highest BCUT2D eigenvalue weighted by molar-refractivity contribution is 5.91. The topological polar surface area (TPSA) is 89.9 Å². The Hall–Kier alpha value is -3.06. The smallest absolute Gasteiger partial charge is 0.276 e. The average molecular weight is 350 g/mol. The number of rotatable bonds is 8. The summed E-state index contributed by atoms with van der Waals surface area (Å²) < 4.78 is 1.62. The molecule has 0 unspecified atom stereocenters. The Balaban J connectivity index is 1.71. The Kier molecular flexibility index (Phi) is 6.05. The van der Waals surface area contributed by atoms with Crippen LogP contribution in [0.2, 0.25) is 0 Å². The summed E-state index contributed by atoms with van der Waals surface area (Å²) >= 11 is 0. The van der Waals surface area contributed by atoms with Gasteiger partial charge in [-0.05, 0) is 30.7 Å². The van der Waals surface area contributed by atoms with E-state index in [2.05, 4.69) is 15.3 Å². The molecule has 0 aliphatic carbocycles. The van der Waals surface area contributed by atoms with Crippen molar-refractivity contribution in [3.8, 4) is 0 Å². The fraction of sp³-hybridized carbons (Fsp3) is 0.263. The Bertz CT molecular complexity index is 818. The standard InChI is InChI=1S/C19H22N6O/c20-10-6-12-24(13-16-7-2-1-3-8-16)19(26)18-15-25(23-22-18)14-17-9-4-5-11-21-17/h1-5,7-9,11,15H,6,10,12-14,20H2. The summed E-state index contributed by atoms with van der Waals surface area (Å²) in [6, 6.07) is 15.6. The highest BCUT2D eigenvalue weighted by Gasteiger charge is 2.19. The average Bonchev–Trinajstić information content (AvgIpc) is 3.14. The molecular formula is C19H22N6O. The summed E-state index contributed by atoms with van der Waals surface area (Å²) in [6.07, 6.45) is 4.13. The number of carbonyl (C=O) groups is 1. The largest absolute Gasteiger partial charge is 0.333 e. The highest BCUT2D eigenvalue weighted by Crippen LogP contribution is 2.09. The molecule has 26 heavy (non-hydrogen) atoms. The van der Waals surface area contributed by atoms with Crippen LogP contribution in [-0.4, -0.2) is 43.9 Å². The molecule has 7 heteroatoms. The van der Waals surface area contributed by atoms with Crippen LogP contribution in [0.25, 0.3) is 0 Å². The Morgan fingerprint density at radius 1 is 1.12 bits per heavy atom. The van der Waals surface area contributed by atoms with Crippen LogP contribution >= 0.6 is 0 Å². The van der Waals surface area contributed by atoms with Gasteiger partial charge in [-0.2, -0.15) is 0 Å².